The van der Waals surface area contributed by atoms with Crippen molar-refractivity contribution in [3.8, 4) is 0 Å². The van der Waals surface area contributed by atoms with Crippen LogP contribution in [0.15, 0.2) is 5.16 Å². The van der Waals surface area contributed by atoms with E-state index in [9.17, 15) is 0 Å². The molecule has 0 saturated carbocycles. The monoisotopic (exact) mass is 190 g/mol. The molecule has 5 nitrogen and oxygen atoms in total. The number of amidine groups is 1. The van der Waals surface area contributed by atoms with Crippen molar-refractivity contribution in [2.75, 3.05) is 26.9 Å². The summed E-state index contributed by atoms with van der Waals surface area (Å²) in [5, 5.41) is 11.1. The predicted octanol–water partition coefficient (Wildman–Crippen LogP) is 0.566. The first-order chi connectivity index (χ1) is 6.31. The van der Waals surface area contributed by atoms with Gasteiger partial charge in [-0.25, -0.2) is 0 Å². The summed E-state index contributed by atoms with van der Waals surface area (Å²) in [6, 6.07) is 0. The van der Waals surface area contributed by atoms with Gasteiger partial charge in [0.25, 0.3) is 0 Å². The smallest absolute Gasteiger partial charge is 0.139 e. The van der Waals surface area contributed by atoms with Crippen LogP contribution in [0.3, 0.4) is 0 Å². The van der Waals surface area contributed by atoms with Crippen LogP contribution in [-0.4, -0.2) is 38.0 Å². The van der Waals surface area contributed by atoms with Crippen LogP contribution < -0.4 is 5.73 Å². The number of nitrogens with two attached hydrogens (primary N) is 1. The minimum absolute atomic E-state index is 0.275. The van der Waals surface area contributed by atoms with Crippen molar-refractivity contribution in [3.05, 3.63) is 0 Å². The standard InChI is InChI=1S/C8H18N2O3/c1-12-6-7-13-5-3-2-4-8(9)10-11/h11H,2-7H2,1H3,(H2,9,10). The first-order valence-corrected chi connectivity index (χ1v) is 4.34. The molecule has 0 unspecified atom stereocenters. The largest absolute Gasteiger partial charge is 0.409 e. The molecule has 0 aliphatic carbocycles. The fourth-order valence-electron chi connectivity index (χ4n) is 0.805. The van der Waals surface area contributed by atoms with Crippen molar-refractivity contribution >= 4 is 5.84 Å². The number of hydrogen-bond donors (Lipinski definition) is 2. The van der Waals surface area contributed by atoms with Gasteiger partial charge < -0.3 is 20.4 Å². The molecule has 0 aromatic carbocycles. The molecule has 0 saturated heterocycles. The number of unbranched alkanes of at least 4 members (excludes halogenated alkanes) is 1. The summed E-state index contributed by atoms with van der Waals surface area (Å²) in [4.78, 5) is 0. The maximum absolute atomic E-state index is 8.22. The van der Waals surface area contributed by atoms with Crippen molar-refractivity contribution in [3.63, 3.8) is 0 Å². The Hall–Kier alpha value is -0.810. The van der Waals surface area contributed by atoms with E-state index in [2.05, 4.69) is 5.16 Å². The van der Waals surface area contributed by atoms with Gasteiger partial charge in [-0.2, -0.15) is 0 Å². The summed E-state index contributed by atoms with van der Waals surface area (Å²) >= 11 is 0. The Kier molecular flexibility index (Phi) is 8.70. The first-order valence-electron chi connectivity index (χ1n) is 4.34. The van der Waals surface area contributed by atoms with Crippen molar-refractivity contribution in [1.29, 1.82) is 0 Å². The Labute approximate surface area is 78.5 Å². The van der Waals surface area contributed by atoms with Crippen LogP contribution in [0.1, 0.15) is 19.3 Å². The van der Waals surface area contributed by atoms with Gasteiger partial charge in [-0.1, -0.05) is 5.16 Å². The van der Waals surface area contributed by atoms with E-state index in [4.69, 9.17) is 20.4 Å². The van der Waals surface area contributed by atoms with Gasteiger partial charge in [0.15, 0.2) is 0 Å². The predicted molar refractivity (Wildman–Crippen MR) is 50.0 cm³/mol. The zero-order chi connectivity index (χ0) is 9.94. The molecule has 0 fully saturated rings. The number of ether oxygens (including phenoxy) is 2. The molecule has 13 heavy (non-hydrogen) atoms. The molecule has 0 bridgehead atoms. The number of hydrogen-bond acceptors (Lipinski definition) is 4. The van der Waals surface area contributed by atoms with Crippen LogP contribution in [0.4, 0.5) is 0 Å². The second-order valence-electron chi connectivity index (χ2n) is 2.65. The normalized spacial score (nSPS) is 11.9. The fourth-order valence-corrected chi connectivity index (χ4v) is 0.805. The highest BCUT2D eigenvalue weighted by Crippen LogP contribution is 1.95. The maximum Gasteiger partial charge on any atom is 0.139 e. The maximum atomic E-state index is 8.22. The molecule has 0 radical (unpaired) electrons. The summed E-state index contributed by atoms with van der Waals surface area (Å²) in [5.41, 5.74) is 5.27. The summed E-state index contributed by atoms with van der Waals surface area (Å²) in [6.07, 6.45) is 2.41. The number of methoxy groups -OCH3 is 1. The van der Waals surface area contributed by atoms with Crippen molar-refractivity contribution < 1.29 is 14.7 Å². The van der Waals surface area contributed by atoms with E-state index in [-0.39, 0.29) is 5.84 Å². The Morgan fingerprint density at radius 1 is 1.31 bits per heavy atom. The second-order valence-corrected chi connectivity index (χ2v) is 2.65. The molecule has 0 aromatic rings. The van der Waals surface area contributed by atoms with Crippen LogP contribution in [0, 0.1) is 0 Å². The Morgan fingerprint density at radius 2 is 2.08 bits per heavy atom. The molecular weight excluding hydrogens is 172 g/mol. The molecule has 0 aliphatic rings. The highest BCUT2D eigenvalue weighted by Gasteiger charge is 1.93. The highest BCUT2D eigenvalue weighted by atomic mass is 16.5. The van der Waals surface area contributed by atoms with Gasteiger partial charge in [0, 0.05) is 20.1 Å². The number of oxime groups is 1. The zero-order valence-electron chi connectivity index (χ0n) is 8.03. The molecule has 0 aromatic heterocycles. The molecule has 5 heteroatoms. The molecule has 0 atom stereocenters. The van der Waals surface area contributed by atoms with Crippen molar-refractivity contribution in [2.45, 2.75) is 19.3 Å². The molecule has 78 valence electrons. The summed E-state index contributed by atoms with van der Waals surface area (Å²) in [6.45, 7) is 1.95. The Balaban J connectivity index is 3.00. The molecule has 3 N–H and O–H groups in total. The van der Waals surface area contributed by atoms with Gasteiger partial charge in [0.05, 0.1) is 13.2 Å². The molecule has 0 rings (SSSR count). The third kappa shape index (κ3) is 9.10. The lowest BCUT2D eigenvalue weighted by Crippen LogP contribution is -2.11. The lowest BCUT2D eigenvalue weighted by Gasteiger charge is -2.02. The van der Waals surface area contributed by atoms with E-state index in [0.29, 0.717) is 26.2 Å². The van der Waals surface area contributed by atoms with E-state index < -0.39 is 0 Å². The van der Waals surface area contributed by atoms with Gasteiger partial charge in [-0.15, -0.1) is 0 Å². The van der Waals surface area contributed by atoms with Gasteiger partial charge in [-0.05, 0) is 12.8 Å². The summed E-state index contributed by atoms with van der Waals surface area (Å²) in [5.74, 6) is 0.275. The van der Waals surface area contributed by atoms with Crippen LogP contribution in [0.2, 0.25) is 0 Å². The lowest BCUT2D eigenvalue weighted by atomic mass is 10.2. The Bertz CT molecular complexity index is 139. The van der Waals surface area contributed by atoms with Crippen LogP contribution >= 0.6 is 0 Å². The van der Waals surface area contributed by atoms with Gasteiger partial charge in [0.2, 0.25) is 0 Å². The zero-order valence-corrected chi connectivity index (χ0v) is 8.03. The van der Waals surface area contributed by atoms with E-state index in [1.54, 1.807) is 7.11 Å². The van der Waals surface area contributed by atoms with E-state index in [1.165, 1.54) is 0 Å². The van der Waals surface area contributed by atoms with Gasteiger partial charge in [0.1, 0.15) is 5.84 Å². The molecule has 0 aliphatic heterocycles. The Morgan fingerprint density at radius 3 is 2.69 bits per heavy atom. The van der Waals surface area contributed by atoms with Gasteiger partial charge in [-0.3, -0.25) is 0 Å². The van der Waals surface area contributed by atoms with Crippen molar-refractivity contribution in [2.24, 2.45) is 10.9 Å². The van der Waals surface area contributed by atoms with Crippen LogP contribution in [-0.2, 0) is 9.47 Å². The van der Waals surface area contributed by atoms with Crippen molar-refractivity contribution in [1.82, 2.24) is 0 Å². The second kappa shape index (κ2) is 9.28. The topological polar surface area (TPSA) is 77.1 Å². The van der Waals surface area contributed by atoms with E-state index in [0.717, 1.165) is 12.8 Å². The minimum atomic E-state index is 0.275. The SMILES string of the molecule is COCCOCCCCC(N)=NO. The van der Waals surface area contributed by atoms with E-state index in [1.807, 2.05) is 0 Å². The number of nitrogens with zero attached hydrogens (tertiary/aromatic N) is 1. The lowest BCUT2D eigenvalue weighted by molar-refractivity contribution is 0.0689. The average molecular weight is 190 g/mol. The minimum Gasteiger partial charge on any atom is -0.409 e. The third-order valence-electron chi connectivity index (χ3n) is 1.53. The molecule has 0 spiro atoms. The molecule has 0 amide bonds. The average Bonchev–Trinajstić information content (AvgIpc) is 2.16. The highest BCUT2D eigenvalue weighted by molar-refractivity contribution is 5.79. The van der Waals surface area contributed by atoms with Gasteiger partial charge >= 0.3 is 0 Å². The third-order valence-corrected chi connectivity index (χ3v) is 1.53. The van der Waals surface area contributed by atoms with E-state index >= 15 is 0 Å². The fraction of sp³-hybridized carbons (Fsp3) is 0.875. The quantitative estimate of drug-likeness (QED) is 0.193. The first kappa shape index (κ1) is 12.2. The van der Waals surface area contributed by atoms with Crippen LogP contribution in [0.25, 0.3) is 0 Å². The number of rotatable bonds is 8. The summed E-state index contributed by atoms with van der Waals surface area (Å²) in [7, 11) is 1.64. The van der Waals surface area contributed by atoms with Crippen LogP contribution in [0.5, 0.6) is 0 Å². The molecular formula is C8H18N2O3. The molecule has 0 heterocycles. The summed E-state index contributed by atoms with van der Waals surface area (Å²) < 4.78 is 10.0.